The Bertz CT molecular complexity index is 1270. The monoisotopic (exact) mass is 500 g/mol. The molecule has 1 unspecified atom stereocenters. The number of carbonyl (C=O) groups excluding carboxylic acids is 1. The molecule has 3 aromatic rings. The smallest absolute Gasteiger partial charge is 0.326 e. The molecule has 2 heterocycles. The summed E-state index contributed by atoms with van der Waals surface area (Å²) in [5.41, 5.74) is 0.792. The van der Waals surface area contributed by atoms with Crippen molar-refractivity contribution >= 4 is 23.5 Å². The van der Waals surface area contributed by atoms with Crippen LogP contribution in [0, 0.1) is 12.7 Å². The van der Waals surface area contributed by atoms with E-state index in [2.05, 4.69) is 4.98 Å². The second-order valence-corrected chi connectivity index (χ2v) is 9.49. The highest BCUT2D eigenvalue weighted by atomic mass is 35.5. The molecule has 1 fully saturated rings. The molecule has 184 valence electrons. The molecule has 0 radical (unpaired) electrons. The summed E-state index contributed by atoms with van der Waals surface area (Å²) in [6.45, 7) is 5.85. The Labute approximate surface area is 207 Å². The number of carbonyl (C=O) groups is 2. The van der Waals surface area contributed by atoms with Gasteiger partial charge in [0.2, 0.25) is 11.8 Å². The van der Waals surface area contributed by atoms with E-state index in [-0.39, 0.29) is 23.4 Å². The van der Waals surface area contributed by atoms with Gasteiger partial charge in [-0.15, -0.1) is 0 Å². The number of aryl methyl sites for hydroxylation is 1. The maximum absolute atomic E-state index is 13.8. The average molecular weight is 501 g/mol. The van der Waals surface area contributed by atoms with Gasteiger partial charge >= 0.3 is 5.97 Å². The highest BCUT2D eigenvalue weighted by Gasteiger charge is 2.41. The van der Waals surface area contributed by atoms with E-state index in [1.165, 1.54) is 17.0 Å². The molecular formula is C26H26ClFN2O5. The van der Waals surface area contributed by atoms with Crippen LogP contribution in [-0.2, 0) is 21.6 Å². The SMILES string of the molecule is Cc1oc(-c2ccc(Cl)c(F)c2)nc1COc1cccc(C(C)(C)C(=O)N2CCCC2C(=O)O)c1. The Balaban J connectivity index is 1.49. The molecule has 2 aromatic carbocycles. The van der Waals surface area contributed by atoms with Crippen LogP contribution < -0.4 is 4.74 Å². The number of oxazole rings is 1. The molecule has 1 saturated heterocycles. The minimum Gasteiger partial charge on any atom is -0.487 e. The van der Waals surface area contributed by atoms with E-state index < -0.39 is 23.2 Å². The van der Waals surface area contributed by atoms with Gasteiger partial charge in [0.05, 0.1) is 10.4 Å². The zero-order chi connectivity index (χ0) is 25.3. The minimum absolute atomic E-state index is 0.0186. The van der Waals surface area contributed by atoms with Crippen LogP contribution in [0.5, 0.6) is 5.75 Å². The van der Waals surface area contributed by atoms with Gasteiger partial charge in [-0.1, -0.05) is 23.7 Å². The van der Waals surface area contributed by atoms with Gasteiger partial charge in [-0.3, -0.25) is 4.79 Å². The summed E-state index contributed by atoms with van der Waals surface area (Å²) in [6, 6.07) is 10.7. The first-order valence-corrected chi connectivity index (χ1v) is 11.6. The minimum atomic E-state index is -0.979. The summed E-state index contributed by atoms with van der Waals surface area (Å²) in [6.07, 6.45) is 1.13. The molecule has 35 heavy (non-hydrogen) atoms. The zero-order valence-corrected chi connectivity index (χ0v) is 20.4. The van der Waals surface area contributed by atoms with Crippen molar-refractivity contribution in [3.63, 3.8) is 0 Å². The molecule has 1 aliphatic heterocycles. The summed E-state index contributed by atoms with van der Waals surface area (Å²) in [5.74, 6) is -0.442. The third-order valence-corrected chi connectivity index (χ3v) is 6.63. The number of hydrogen-bond acceptors (Lipinski definition) is 5. The van der Waals surface area contributed by atoms with E-state index in [9.17, 15) is 19.1 Å². The maximum atomic E-state index is 13.8. The van der Waals surface area contributed by atoms with Crippen molar-refractivity contribution in [2.45, 2.75) is 51.7 Å². The van der Waals surface area contributed by atoms with Gasteiger partial charge in [-0.25, -0.2) is 14.2 Å². The summed E-state index contributed by atoms with van der Waals surface area (Å²) in [5, 5.41) is 9.48. The number of aliphatic carboxylic acids is 1. The van der Waals surface area contributed by atoms with Crippen LogP contribution in [-0.4, -0.2) is 39.5 Å². The lowest BCUT2D eigenvalue weighted by atomic mass is 9.83. The first-order chi connectivity index (χ1) is 16.6. The van der Waals surface area contributed by atoms with E-state index in [1.807, 2.05) is 6.07 Å². The number of amides is 1. The summed E-state index contributed by atoms with van der Waals surface area (Å²) in [7, 11) is 0. The van der Waals surface area contributed by atoms with Crippen LogP contribution in [0.1, 0.15) is 43.7 Å². The Kier molecular flexibility index (Phi) is 6.85. The molecule has 1 amide bonds. The number of nitrogens with zero attached hydrogens (tertiary/aromatic N) is 2. The molecule has 1 aliphatic rings. The van der Waals surface area contributed by atoms with Crippen LogP contribution in [0.25, 0.3) is 11.5 Å². The molecule has 4 rings (SSSR count). The van der Waals surface area contributed by atoms with Crippen molar-refractivity contribution in [3.8, 4) is 17.2 Å². The average Bonchev–Trinajstić information content (AvgIpc) is 3.46. The lowest BCUT2D eigenvalue weighted by molar-refractivity contribution is -0.150. The molecule has 9 heteroatoms. The lowest BCUT2D eigenvalue weighted by Gasteiger charge is -2.32. The van der Waals surface area contributed by atoms with Crippen molar-refractivity contribution in [2.75, 3.05) is 6.54 Å². The normalized spacial score (nSPS) is 15.9. The second kappa shape index (κ2) is 9.70. The van der Waals surface area contributed by atoms with Gasteiger partial charge < -0.3 is 19.2 Å². The molecule has 7 nitrogen and oxygen atoms in total. The fourth-order valence-electron chi connectivity index (χ4n) is 4.19. The number of rotatable bonds is 7. The first-order valence-electron chi connectivity index (χ1n) is 11.3. The highest BCUT2D eigenvalue weighted by Crippen LogP contribution is 2.32. The molecule has 1 atom stereocenters. The van der Waals surface area contributed by atoms with Crippen LogP contribution in [0.4, 0.5) is 4.39 Å². The number of carboxylic acid groups (broad SMARTS) is 1. The van der Waals surface area contributed by atoms with Crippen LogP contribution in [0.15, 0.2) is 46.9 Å². The van der Waals surface area contributed by atoms with E-state index in [1.54, 1.807) is 45.0 Å². The van der Waals surface area contributed by atoms with Gasteiger partial charge in [0.15, 0.2) is 0 Å². The lowest BCUT2D eigenvalue weighted by Crippen LogP contribution is -2.48. The third kappa shape index (κ3) is 5.03. The third-order valence-electron chi connectivity index (χ3n) is 6.32. The van der Waals surface area contributed by atoms with Crippen molar-refractivity contribution < 1.29 is 28.2 Å². The van der Waals surface area contributed by atoms with Crippen molar-refractivity contribution in [2.24, 2.45) is 0 Å². The molecular weight excluding hydrogens is 475 g/mol. The summed E-state index contributed by atoms with van der Waals surface area (Å²) >= 11 is 5.75. The number of halogens is 2. The van der Waals surface area contributed by atoms with Crippen molar-refractivity contribution in [1.29, 1.82) is 0 Å². The Morgan fingerprint density at radius 1 is 1.29 bits per heavy atom. The standard InChI is InChI=1S/C26H26ClFN2O5/c1-15-21(29-23(35-15)16-9-10-19(27)20(28)12-16)14-34-18-7-4-6-17(13-18)26(2,3)25(33)30-11-5-8-22(30)24(31)32/h4,6-7,9-10,12-13,22H,5,8,11,14H2,1-3H3,(H,31,32). The molecule has 1 aromatic heterocycles. The van der Waals surface area contributed by atoms with Crippen LogP contribution in [0.2, 0.25) is 5.02 Å². The van der Waals surface area contributed by atoms with Crippen LogP contribution in [0.3, 0.4) is 0 Å². The summed E-state index contributed by atoms with van der Waals surface area (Å²) < 4.78 is 25.4. The van der Waals surface area contributed by atoms with Gasteiger partial charge in [-0.2, -0.15) is 0 Å². The quantitative estimate of drug-likeness (QED) is 0.468. The first kappa shape index (κ1) is 24.7. The van der Waals surface area contributed by atoms with Crippen molar-refractivity contribution in [3.05, 3.63) is 70.3 Å². The predicted octanol–water partition coefficient (Wildman–Crippen LogP) is 5.37. The Morgan fingerprint density at radius 2 is 2.06 bits per heavy atom. The van der Waals surface area contributed by atoms with Gasteiger partial charge in [0, 0.05) is 12.1 Å². The van der Waals surface area contributed by atoms with Crippen molar-refractivity contribution in [1.82, 2.24) is 9.88 Å². The number of benzene rings is 2. The van der Waals surface area contributed by atoms with E-state index in [0.29, 0.717) is 47.7 Å². The zero-order valence-electron chi connectivity index (χ0n) is 19.7. The highest BCUT2D eigenvalue weighted by molar-refractivity contribution is 6.30. The topological polar surface area (TPSA) is 92.9 Å². The van der Waals surface area contributed by atoms with Gasteiger partial charge in [-0.05, 0) is 69.5 Å². The largest absolute Gasteiger partial charge is 0.487 e. The molecule has 0 spiro atoms. The van der Waals surface area contributed by atoms with Crippen LogP contribution >= 0.6 is 11.6 Å². The maximum Gasteiger partial charge on any atom is 0.326 e. The molecule has 0 saturated carbocycles. The number of hydrogen-bond donors (Lipinski definition) is 1. The van der Waals surface area contributed by atoms with E-state index in [0.717, 1.165) is 0 Å². The number of aromatic nitrogens is 1. The number of carboxylic acids is 1. The van der Waals surface area contributed by atoms with E-state index >= 15 is 0 Å². The van der Waals surface area contributed by atoms with Gasteiger partial charge in [0.25, 0.3) is 0 Å². The molecule has 1 N–H and O–H groups in total. The van der Waals surface area contributed by atoms with Gasteiger partial charge in [0.1, 0.15) is 35.7 Å². The van der Waals surface area contributed by atoms with E-state index in [4.69, 9.17) is 20.8 Å². The fraction of sp³-hybridized carbons (Fsp3) is 0.346. The predicted molar refractivity (Wildman–Crippen MR) is 128 cm³/mol. The fourth-order valence-corrected chi connectivity index (χ4v) is 4.31. The molecule has 0 bridgehead atoms. The summed E-state index contributed by atoms with van der Waals surface area (Å²) in [4.78, 5) is 30.7. The second-order valence-electron chi connectivity index (χ2n) is 9.09. The Morgan fingerprint density at radius 3 is 2.77 bits per heavy atom. The number of likely N-dealkylation sites (tertiary alicyclic amines) is 1. The Hall–Kier alpha value is -3.39. The number of ether oxygens (including phenoxy) is 1. The molecule has 0 aliphatic carbocycles.